The molecule has 1 heterocycles. The Bertz CT molecular complexity index is 118. The Morgan fingerprint density at radius 2 is 2.00 bits per heavy atom. The molecule has 0 amide bonds. The molecule has 0 N–H and O–H groups in total. The first-order valence-electron chi connectivity index (χ1n) is 2.28. The minimum Gasteiger partial charge on any atom is -0.340 e. The van der Waals surface area contributed by atoms with Gasteiger partial charge in [0.1, 0.15) is 0 Å². The van der Waals surface area contributed by atoms with Crippen molar-refractivity contribution in [2.75, 3.05) is 13.2 Å². The Kier molecular flexibility index (Phi) is 2.16. The summed E-state index contributed by atoms with van der Waals surface area (Å²) in [6.45, 7) is 1.24. The zero-order valence-corrected chi connectivity index (χ0v) is 4.94. The monoisotopic (exact) mass is 132 g/mol. The lowest BCUT2D eigenvalue weighted by Gasteiger charge is -1.94. The number of hydrogen-bond acceptors (Lipinski definition) is 2. The summed E-state index contributed by atoms with van der Waals surface area (Å²) in [6, 6.07) is 0. The maximum Gasteiger partial charge on any atom is 0.223 e. The van der Waals surface area contributed by atoms with Gasteiger partial charge in [0.05, 0.1) is 13.2 Å². The normalized spacial score (nSPS) is 20.1. The molecule has 0 radical (unpaired) electrons. The summed E-state index contributed by atoms with van der Waals surface area (Å²) >= 11 is 5.06. The maximum atomic E-state index is 5.06. The van der Waals surface area contributed by atoms with Crippen LogP contribution in [0.25, 0.3) is 0 Å². The zero-order valence-electron chi connectivity index (χ0n) is 4.19. The van der Waals surface area contributed by atoms with Crippen LogP contribution in [0.4, 0.5) is 0 Å². The third kappa shape index (κ3) is 1.38. The zero-order chi connectivity index (χ0) is 5.82. The molecule has 0 unspecified atom stereocenters. The Morgan fingerprint density at radius 1 is 1.38 bits per heavy atom. The van der Waals surface area contributed by atoms with E-state index in [1.54, 1.807) is 0 Å². The Labute approximate surface area is 52.7 Å². The van der Waals surface area contributed by atoms with E-state index in [-0.39, 0.29) is 6.29 Å². The van der Waals surface area contributed by atoms with Crippen LogP contribution in [0.1, 0.15) is 0 Å². The van der Waals surface area contributed by atoms with Gasteiger partial charge in [-0.25, -0.2) is 0 Å². The van der Waals surface area contributed by atoms with E-state index in [2.05, 4.69) is 11.3 Å². The summed E-state index contributed by atoms with van der Waals surface area (Å²) in [5.74, 6) is 2.52. The second-order valence-corrected chi connectivity index (χ2v) is 1.50. The van der Waals surface area contributed by atoms with Crippen molar-refractivity contribution in [1.82, 2.24) is 0 Å². The van der Waals surface area contributed by atoms with Crippen LogP contribution < -0.4 is 0 Å². The molecule has 0 spiro atoms. The molecule has 0 aromatic rings. The molecule has 0 saturated carbocycles. The van der Waals surface area contributed by atoms with Crippen molar-refractivity contribution < 1.29 is 9.47 Å². The van der Waals surface area contributed by atoms with Gasteiger partial charge in [-0.1, -0.05) is 0 Å². The van der Waals surface area contributed by atoms with Crippen molar-refractivity contribution in [2.45, 2.75) is 6.29 Å². The second-order valence-electron chi connectivity index (χ2n) is 1.31. The highest BCUT2D eigenvalue weighted by Crippen LogP contribution is 2.00. The number of ether oxygens (including phenoxy) is 2. The summed E-state index contributed by atoms with van der Waals surface area (Å²) in [7, 11) is 0. The van der Waals surface area contributed by atoms with E-state index in [9.17, 15) is 0 Å². The highest BCUT2D eigenvalue weighted by Gasteiger charge is 2.11. The van der Waals surface area contributed by atoms with Crippen LogP contribution in [-0.4, -0.2) is 19.5 Å². The van der Waals surface area contributed by atoms with Gasteiger partial charge in [-0.05, 0) is 17.5 Å². The van der Waals surface area contributed by atoms with Crippen LogP contribution in [-0.2, 0) is 9.47 Å². The Balaban J connectivity index is 2.32. The Morgan fingerprint density at radius 3 is 2.50 bits per heavy atom. The quantitative estimate of drug-likeness (QED) is 0.449. The highest BCUT2D eigenvalue weighted by molar-refractivity contribution is 6.30. The molecular formula is C5H5ClO2. The van der Waals surface area contributed by atoms with E-state index in [4.69, 9.17) is 21.1 Å². The van der Waals surface area contributed by atoms with Crippen molar-refractivity contribution in [1.29, 1.82) is 0 Å². The van der Waals surface area contributed by atoms with Crippen LogP contribution in [0.15, 0.2) is 0 Å². The molecular weight excluding hydrogens is 128 g/mol. The van der Waals surface area contributed by atoms with Gasteiger partial charge in [0.25, 0.3) is 0 Å². The minimum atomic E-state index is -0.382. The number of rotatable bonds is 0. The molecule has 0 atom stereocenters. The van der Waals surface area contributed by atoms with Crippen LogP contribution in [0.2, 0.25) is 0 Å². The van der Waals surface area contributed by atoms with Crippen molar-refractivity contribution in [3.05, 3.63) is 0 Å². The van der Waals surface area contributed by atoms with Crippen molar-refractivity contribution >= 4 is 11.6 Å². The van der Waals surface area contributed by atoms with Crippen molar-refractivity contribution in [3.8, 4) is 11.3 Å². The molecule has 8 heavy (non-hydrogen) atoms. The van der Waals surface area contributed by atoms with E-state index >= 15 is 0 Å². The molecule has 0 aromatic carbocycles. The smallest absolute Gasteiger partial charge is 0.223 e. The number of halogens is 1. The van der Waals surface area contributed by atoms with E-state index in [1.165, 1.54) is 0 Å². The molecule has 3 heteroatoms. The lowest BCUT2D eigenvalue weighted by atomic mass is 10.7. The summed E-state index contributed by atoms with van der Waals surface area (Å²) in [4.78, 5) is 0. The first-order valence-corrected chi connectivity index (χ1v) is 2.65. The fourth-order valence-corrected chi connectivity index (χ4v) is 0.575. The summed E-state index contributed by atoms with van der Waals surface area (Å²) in [5.41, 5.74) is 0. The van der Waals surface area contributed by atoms with Gasteiger partial charge < -0.3 is 9.47 Å². The summed E-state index contributed by atoms with van der Waals surface area (Å²) in [5, 5.41) is 2.18. The van der Waals surface area contributed by atoms with Gasteiger partial charge in [0.15, 0.2) is 0 Å². The highest BCUT2D eigenvalue weighted by atomic mass is 35.5. The van der Waals surface area contributed by atoms with Gasteiger partial charge in [0.2, 0.25) is 6.29 Å². The van der Waals surface area contributed by atoms with E-state index in [0.717, 1.165) is 0 Å². The predicted molar refractivity (Wildman–Crippen MR) is 29.3 cm³/mol. The van der Waals surface area contributed by atoms with Crippen molar-refractivity contribution in [2.24, 2.45) is 0 Å². The van der Waals surface area contributed by atoms with Gasteiger partial charge in [-0.15, -0.1) is 0 Å². The first-order chi connectivity index (χ1) is 3.93. The van der Waals surface area contributed by atoms with E-state index in [1.807, 2.05) is 0 Å². The molecule has 0 aliphatic carbocycles. The molecule has 0 bridgehead atoms. The van der Waals surface area contributed by atoms with Gasteiger partial charge in [0, 0.05) is 5.38 Å². The van der Waals surface area contributed by atoms with Crippen LogP contribution in [0.5, 0.6) is 0 Å². The van der Waals surface area contributed by atoms with Gasteiger partial charge >= 0.3 is 0 Å². The summed E-state index contributed by atoms with van der Waals surface area (Å²) < 4.78 is 9.83. The minimum absolute atomic E-state index is 0.382. The average Bonchev–Trinajstić information content (AvgIpc) is 2.19. The maximum absolute atomic E-state index is 5.06. The van der Waals surface area contributed by atoms with E-state index < -0.39 is 0 Å². The molecule has 1 rings (SSSR count). The average molecular weight is 133 g/mol. The summed E-state index contributed by atoms with van der Waals surface area (Å²) in [6.07, 6.45) is -0.382. The molecule has 1 aliphatic heterocycles. The topological polar surface area (TPSA) is 18.5 Å². The van der Waals surface area contributed by atoms with Gasteiger partial charge in [-0.2, -0.15) is 0 Å². The third-order valence-corrected chi connectivity index (χ3v) is 0.903. The molecule has 0 aromatic heterocycles. The molecule has 1 aliphatic rings. The largest absolute Gasteiger partial charge is 0.340 e. The molecule has 44 valence electrons. The predicted octanol–water partition coefficient (Wildman–Crippen LogP) is 0.559. The van der Waals surface area contributed by atoms with Crippen LogP contribution >= 0.6 is 11.6 Å². The lowest BCUT2D eigenvalue weighted by molar-refractivity contribution is 0.00652. The fraction of sp³-hybridized carbons (Fsp3) is 0.600. The Hall–Kier alpha value is -0.230. The van der Waals surface area contributed by atoms with Crippen molar-refractivity contribution in [3.63, 3.8) is 0 Å². The third-order valence-electron chi connectivity index (χ3n) is 0.794. The lowest BCUT2D eigenvalue weighted by Crippen LogP contribution is -2.01. The van der Waals surface area contributed by atoms with Crippen LogP contribution in [0.3, 0.4) is 0 Å². The standard InChI is InChI=1S/C5H5ClO2/c6-2-1-5-7-3-4-8-5/h5H,3-4H2. The first kappa shape index (κ1) is 5.90. The van der Waals surface area contributed by atoms with Gasteiger partial charge in [-0.3, -0.25) is 0 Å². The van der Waals surface area contributed by atoms with E-state index in [0.29, 0.717) is 13.2 Å². The molecule has 1 fully saturated rings. The molecule has 2 nitrogen and oxygen atoms in total. The number of hydrogen-bond donors (Lipinski definition) is 0. The van der Waals surface area contributed by atoms with Crippen LogP contribution in [0, 0.1) is 11.3 Å². The second kappa shape index (κ2) is 2.93. The fourth-order valence-electron chi connectivity index (χ4n) is 0.486. The SMILES string of the molecule is ClC#CC1OCCO1. The molecule has 1 saturated heterocycles.